The van der Waals surface area contributed by atoms with Crippen LogP contribution in [0, 0.1) is 12.3 Å². The number of hydrogen-bond donors (Lipinski definition) is 0. The minimum absolute atomic E-state index is 0.0667. The van der Waals surface area contributed by atoms with Crippen molar-refractivity contribution in [3.05, 3.63) is 131 Å². The van der Waals surface area contributed by atoms with Crippen molar-refractivity contribution in [2.45, 2.75) is 52.0 Å². The average Bonchev–Trinajstić information content (AvgIpc) is 3.43. The number of aromatic nitrogens is 3. The summed E-state index contributed by atoms with van der Waals surface area (Å²) in [6.45, 7) is 8.37. The van der Waals surface area contributed by atoms with Crippen LogP contribution < -0.4 is 0 Å². The molecule has 0 spiro atoms. The predicted molar refractivity (Wildman–Crippen MR) is 151 cm³/mol. The molecular formula is C33H33N3O4. The fraction of sp³-hybridized carbons (Fsp3) is 0.273. The van der Waals surface area contributed by atoms with Crippen molar-refractivity contribution in [3.8, 4) is 0 Å². The van der Waals surface area contributed by atoms with E-state index in [1.807, 2.05) is 66.9 Å². The number of nitrogens with zero attached hydrogens (tertiary/aromatic N) is 3. The molecule has 0 unspecified atom stereocenters. The van der Waals surface area contributed by atoms with E-state index in [-0.39, 0.29) is 18.0 Å². The Kier molecular flexibility index (Phi) is 8.03. The molecule has 40 heavy (non-hydrogen) atoms. The Morgan fingerprint density at radius 3 is 2.38 bits per heavy atom. The highest BCUT2D eigenvalue weighted by Crippen LogP contribution is 2.44. The van der Waals surface area contributed by atoms with Crippen molar-refractivity contribution in [1.82, 2.24) is 15.0 Å². The van der Waals surface area contributed by atoms with Crippen LogP contribution in [0.3, 0.4) is 0 Å². The third-order valence-corrected chi connectivity index (χ3v) is 7.48. The third-order valence-electron chi connectivity index (χ3n) is 7.48. The number of ether oxygens (including phenoxy) is 2. The molecule has 0 bridgehead atoms. The summed E-state index contributed by atoms with van der Waals surface area (Å²) < 4.78 is 14.0. The number of carbonyl (C=O) groups excluding carboxylic acids is 2. The second-order valence-electron chi connectivity index (χ2n) is 10.5. The Bertz CT molecular complexity index is 1480. The summed E-state index contributed by atoms with van der Waals surface area (Å²) in [7, 11) is 0. The van der Waals surface area contributed by atoms with Gasteiger partial charge in [-0.2, -0.15) is 0 Å². The molecule has 7 heteroatoms. The Morgan fingerprint density at radius 2 is 1.68 bits per heavy atom. The summed E-state index contributed by atoms with van der Waals surface area (Å²) in [5, 5.41) is 8.61. The maximum Gasteiger partial charge on any atom is 0.322 e. The van der Waals surface area contributed by atoms with Gasteiger partial charge in [-0.25, -0.2) is 4.68 Å². The van der Waals surface area contributed by atoms with Crippen molar-refractivity contribution in [2.75, 3.05) is 0 Å². The van der Waals surface area contributed by atoms with Crippen LogP contribution in [0.2, 0.25) is 0 Å². The van der Waals surface area contributed by atoms with E-state index < -0.39 is 23.6 Å². The van der Waals surface area contributed by atoms with Crippen LogP contribution in [0.4, 0.5) is 0 Å². The van der Waals surface area contributed by atoms with Gasteiger partial charge in [-0.15, -0.1) is 5.10 Å². The van der Waals surface area contributed by atoms with Gasteiger partial charge in [0.15, 0.2) is 11.2 Å². The topological polar surface area (TPSA) is 83.3 Å². The van der Waals surface area contributed by atoms with Crippen molar-refractivity contribution in [2.24, 2.45) is 5.41 Å². The molecule has 0 radical (unpaired) electrons. The minimum atomic E-state index is -1.55. The highest BCUT2D eigenvalue weighted by molar-refractivity contribution is 6.13. The normalized spacial score (nSPS) is 20.9. The van der Waals surface area contributed by atoms with Crippen LogP contribution in [0.5, 0.6) is 0 Å². The first kappa shape index (κ1) is 27.2. The van der Waals surface area contributed by atoms with Crippen molar-refractivity contribution < 1.29 is 19.1 Å². The molecule has 1 aliphatic rings. The predicted octanol–water partition coefficient (Wildman–Crippen LogP) is 5.58. The maximum absolute atomic E-state index is 13.8. The van der Waals surface area contributed by atoms with Gasteiger partial charge >= 0.3 is 5.97 Å². The molecule has 1 fully saturated rings. The number of carbonyl (C=O) groups is 2. The van der Waals surface area contributed by atoms with Gasteiger partial charge in [0.1, 0.15) is 12.7 Å². The molecule has 0 N–H and O–H groups in total. The summed E-state index contributed by atoms with van der Waals surface area (Å²) in [6.07, 6.45) is 1.35. The molecule has 2 heterocycles. The zero-order chi connectivity index (χ0) is 28.1. The molecule has 1 aliphatic heterocycles. The van der Waals surface area contributed by atoms with E-state index in [0.29, 0.717) is 19.4 Å². The van der Waals surface area contributed by atoms with Crippen molar-refractivity contribution in [3.63, 3.8) is 0 Å². The first-order valence-electron chi connectivity index (χ1n) is 13.4. The van der Waals surface area contributed by atoms with Gasteiger partial charge in [-0.1, -0.05) is 102 Å². The van der Waals surface area contributed by atoms with E-state index >= 15 is 0 Å². The molecule has 0 aliphatic carbocycles. The van der Waals surface area contributed by atoms with Crippen LogP contribution in [0.1, 0.15) is 47.4 Å². The van der Waals surface area contributed by atoms with Crippen LogP contribution in [0.25, 0.3) is 0 Å². The maximum atomic E-state index is 13.8. The summed E-state index contributed by atoms with van der Waals surface area (Å²) in [6, 6.07) is 27.1. The van der Waals surface area contributed by atoms with Crippen molar-refractivity contribution >= 4 is 11.8 Å². The molecule has 0 amide bonds. The van der Waals surface area contributed by atoms with E-state index in [1.165, 1.54) is 5.56 Å². The molecule has 7 nitrogen and oxygen atoms in total. The quantitative estimate of drug-likeness (QED) is 0.158. The first-order valence-corrected chi connectivity index (χ1v) is 13.4. The zero-order valence-electron chi connectivity index (χ0n) is 22.8. The van der Waals surface area contributed by atoms with Gasteiger partial charge in [0.25, 0.3) is 0 Å². The fourth-order valence-corrected chi connectivity index (χ4v) is 5.03. The lowest BCUT2D eigenvalue weighted by Gasteiger charge is -2.42. The molecule has 1 saturated heterocycles. The molecule has 4 aromatic rings. The Balaban J connectivity index is 1.35. The van der Waals surface area contributed by atoms with Gasteiger partial charge in [0.05, 0.1) is 18.3 Å². The van der Waals surface area contributed by atoms with Gasteiger partial charge in [0, 0.05) is 11.8 Å². The Morgan fingerprint density at radius 1 is 1.00 bits per heavy atom. The van der Waals surface area contributed by atoms with E-state index in [2.05, 4.69) is 48.1 Å². The number of rotatable bonds is 9. The Hall–Kier alpha value is -4.36. The van der Waals surface area contributed by atoms with Crippen LogP contribution in [0.15, 0.2) is 103 Å². The van der Waals surface area contributed by atoms with Crippen LogP contribution in [-0.4, -0.2) is 32.9 Å². The smallest absolute Gasteiger partial charge is 0.322 e. The minimum Gasteiger partial charge on any atom is -0.460 e. The molecule has 3 atom stereocenters. The largest absolute Gasteiger partial charge is 0.460 e. The summed E-state index contributed by atoms with van der Waals surface area (Å²) >= 11 is 0. The highest BCUT2D eigenvalue weighted by atomic mass is 16.5. The number of ketones is 1. The number of hydrogen-bond acceptors (Lipinski definition) is 6. The lowest BCUT2D eigenvalue weighted by atomic mass is 9.71. The SMILES string of the molecule is C=C1C(=O)[C@](C)(C(=O)OCc2ccccc2)[C@@H](CCc2cn(Cc3ccc(C)cc3)nn2)O[C@H]1c1ccccc1. The van der Waals surface area contributed by atoms with E-state index in [1.54, 1.807) is 11.6 Å². The van der Waals surface area contributed by atoms with Gasteiger partial charge in [-0.05, 0) is 43.4 Å². The summed E-state index contributed by atoms with van der Waals surface area (Å²) in [4.78, 5) is 27.4. The van der Waals surface area contributed by atoms with E-state index in [0.717, 1.165) is 22.4 Å². The second kappa shape index (κ2) is 11.8. The summed E-state index contributed by atoms with van der Waals surface area (Å²) in [5.74, 6) is -0.985. The molecule has 0 saturated carbocycles. The number of benzene rings is 3. The fourth-order valence-electron chi connectivity index (χ4n) is 5.03. The monoisotopic (exact) mass is 535 g/mol. The third kappa shape index (κ3) is 5.80. The molecule has 1 aromatic heterocycles. The standard InChI is InChI=1S/C33H33N3O4/c1-23-14-16-25(17-15-23)20-36-21-28(34-35-36)18-19-29-33(3,32(38)39-22-26-10-6-4-7-11-26)31(37)24(2)30(40-29)27-12-8-5-9-13-27/h4-17,21,29-30H,2,18-20,22H2,1,3H3/t29-,30-,33-/m1/s1. The van der Waals surface area contributed by atoms with E-state index in [9.17, 15) is 9.59 Å². The van der Waals surface area contributed by atoms with Gasteiger partial charge in [0.2, 0.25) is 0 Å². The molecule has 3 aromatic carbocycles. The molecule has 5 rings (SSSR count). The molecule has 204 valence electrons. The number of Topliss-reactive ketones (excluding diaryl/α,β-unsaturated/α-hetero) is 1. The Labute approximate surface area is 234 Å². The van der Waals surface area contributed by atoms with Gasteiger partial charge in [-0.3, -0.25) is 9.59 Å². The number of aryl methyl sites for hydroxylation is 2. The lowest BCUT2D eigenvalue weighted by Crippen LogP contribution is -2.54. The van der Waals surface area contributed by atoms with Crippen molar-refractivity contribution in [1.29, 1.82) is 0 Å². The average molecular weight is 536 g/mol. The number of esters is 1. The van der Waals surface area contributed by atoms with Crippen LogP contribution in [-0.2, 0) is 38.6 Å². The lowest BCUT2D eigenvalue weighted by molar-refractivity contribution is -0.179. The zero-order valence-corrected chi connectivity index (χ0v) is 22.8. The van der Waals surface area contributed by atoms with E-state index in [4.69, 9.17) is 9.47 Å². The summed E-state index contributed by atoms with van der Waals surface area (Å²) in [5.41, 5.74) is 3.43. The first-order chi connectivity index (χ1) is 19.3. The second-order valence-corrected chi connectivity index (χ2v) is 10.5. The highest BCUT2D eigenvalue weighted by Gasteiger charge is 2.55. The van der Waals surface area contributed by atoms with Gasteiger partial charge < -0.3 is 9.47 Å². The van der Waals surface area contributed by atoms with Crippen LogP contribution >= 0.6 is 0 Å². The molecular weight excluding hydrogens is 502 g/mol.